The lowest BCUT2D eigenvalue weighted by Crippen LogP contribution is -2.35. The van der Waals surface area contributed by atoms with Crippen molar-refractivity contribution in [3.05, 3.63) is 35.9 Å². The first-order chi connectivity index (χ1) is 9.24. The zero-order valence-corrected chi connectivity index (χ0v) is 11.9. The van der Waals surface area contributed by atoms with Crippen molar-refractivity contribution in [2.24, 2.45) is 0 Å². The number of benzene rings is 1. The summed E-state index contributed by atoms with van der Waals surface area (Å²) in [5.74, 6) is 0.802. The Labute approximate surface area is 116 Å². The number of hydrogen-bond acceptors (Lipinski definition) is 2. The van der Waals surface area contributed by atoms with E-state index in [0.717, 1.165) is 25.9 Å². The number of rotatable bonds is 5. The van der Waals surface area contributed by atoms with Crippen LogP contribution in [0.3, 0.4) is 0 Å². The minimum Gasteiger partial charge on any atom is -0.339 e. The zero-order chi connectivity index (χ0) is 13.7. The predicted molar refractivity (Wildman–Crippen MR) is 78.1 cm³/mol. The number of hydrogen-bond donors (Lipinski definition) is 1. The van der Waals surface area contributed by atoms with Crippen molar-refractivity contribution in [1.82, 2.24) is 10.2 Å². The number of nitrogens with zero attached hydrogens (tertiary/aromatic N) is 1. The molecule has 104 valence electrons. The quantitative estimate of drug-likeness (QED) is 0.824. The van der Waals surface area contributed by atoms with Gasteiger partial charge in [0.25, 0.3) is 0 Å². The second-order valence-corrected chi connectivity index (χ2v) is 5.34. The van der Waals surface area contributed by atoms with Gasteiger partial charge in [-0.1, -0.05) is 30.3 Å². The third-order valence-electron chi connectivity index (χ3n) is 4.12. The Kier molecular flexibility index (Phi) is 4.97. The summed E-state index contributed by atoms with van der Waals surface area (Å²) in [4.78, 5) is 14.3. The lowest BCUT2D eigenvalue weighted by molar-refractivity contribution is -0.131. The van der Waals surface area contributed by atoms with E-state index < -0.39 is 0 Å². The maximum absolute atomic E-state index is 12.2. The number of carbonyl (C=O) groups excluding carboxylic acids is 1. The summed E-state index contributed by atoms with van der Waals surface area (Å²) in [5, 5.41) is 3.09. The van der Waals surface area contributed by atoms with E-state index in [2.05, 4.69) is 41.4 Å². The van der Waals surface area contributed by atoms with Gasteiger partial charge in [-0.25, -0.2) is 0 Å². The molecule has 1 amide bonds. The minimum atomic E-state index is 0.307. The Morgan fingerprint density at radius 2 is 2.11 bits per heavy atom. The molecule has 2 unspecified atom stereocenters. The second kappa shape index (κ2) is 6.71. The van der Waals surface area contributed by atoms with E-state index in [9.17, 15) is 4.79 Å². The van der Waals surface area contributed by atoms with Crippen LogP contribution < -0.4 is 5.32 Å². The van der Waals surface area contributed by atoms with E-state index in [0.29, 0.717) is 24.3 Å². The van der Waals surface area contributed by atoms with Gasteiger partial charge < -0.3 is 10.2 Å². The minimum absolute atomic E-state index is 0.307. The van der Waals surface area contributed by atoms with Crippen LogP contribution in [0.25, 0.3) is 0 Å². The summed E-state index contributed by atoms with van der Waals surface area (Å²) in [5.41, 5.74) is 1.36. The van der Waals surface area contributed by atoms with Gasteiger partial charge in [-0.05, 0) is 38.9 Å². The van der Waals surface area contributed by atoms with Crippen LogP contribution in [0.15, 0.2) is 30.3 Å². The fraction of sp³-hybridized carbons (Fsp3) is 0.562. The Bertz CT molecular complexity index is 404. The number of carbonyl (C=O) groups is 1. The SMILES string of the molecule is CNCCCC(=O)N1CCC(c2ccccc2)C1C. The first-order valence-electron chi connectivity index (χ1n) is 7.23. The van der Waals surface area contributed by atoms with Gasteiger partial charge in [0.05, 0.1) is 0 Å². The molecular formula is C16H24N2O. The van der Waals surface area contributed by atoms with Crippen LogP contribution in [0.1, 0.15) is 37.7 Å². The summed E-state index contributed by atoms with van der Waals surface area (Å²) >= 11 is 0. The average Bonchev–Trinajstić information content (AvgIpc) is 2.82. The van der Waals surface area contributed by atoms with Gasteiger partial charge in [0.1, 0.15) is 0 Å². The summed E-state index contributed by atoms with van der Waals surface area (Å²) in [6.45, 7) is 4.00. The molecule has 3 nitrogen and oxygen atoms in total. The highest BCUT2D eigenvalue weighted by molar-refractivity contribution is 5.77. The first-order valence-corrected chi connectivity index (χ1v) is 7.23. The molecule has 0 bridgehead atoms. The fourth-order valence-corrected chi connectivity index (χ4v) is 3.00. The Hall–Kier alpha value is -1.35. The summed E-state index contributed by atoms with van der Waals surface area (Å²) < 4.78 is 0. The van der Waals surface area contributed by atoms with E-state index >= 15 is 0 Å². The molecule has 19 heavy (non-hydrogen) atoms. The lowest BCUT2D eigenvalue weighted by atomic mass is 9.93. The van der Waals surface area contributed by atoms with Crippen LogP contribution in [0.4, 0.5) is 0 Å². The van der Waals surface area contributed by atoms with Crippen molar-refractivity contribution in [2.45, 2.75) is 38.1 Å². The molecule has 2 atom stereocenters. The Morgan fingerprint density at radius 1 is 1.37 bits per heavy atom. The molecule has 2 rings (SSSR count). The van der Waals surface area contributed by atoms with Gasteiger partial charge in [0, 0.05) is 24.9 Å². The highest BCUT2D eigenvalue weighted by atomic mass is 16.2. The Balaban J connectivity index is 1.94. The number of amides is 1. The lowest BCUT2D eigenvalue weighted by Gasteiger charge is -2.25. The molecule has 0 saturated carbocycles. The van der Waals surface area contributed by atoms with E-state index in [-0.39, 0.29) is 0 Å². The van der Waals surface area contributed by atoms with Crippen LogP contribution >= 0.6 is 0 Å². The van der Waals surface area contributed by atoms with Crippen molar-refractivity contribution < 1.29 is 4.79 Å². The maximum atomic E-state index is 12.2. The van der Waals surface area contributed by atoms with Crippen LogP contribution in [0, 0.1) is 0 Å². The van der Waals surface area contributed by atoms with Gasteiger partial charge in [-0.3, -0.25) is 4.79 Å². The largest absolute Gasteiger partial charge is 0.339 e. The highest BCUT2D eigenvalue weighted by Crippen LogP contribution is 2.33. The molecule has 1 heterocycles. The fourth-order valence-electron chi connectivity index (χ4n) is 3.00. The molecule has 0 aromatic heterocycles. The highest BCUT2D eigenvalue weighted by Gasteiger charge is 2.33. The van der Waals surface area contributed by atoms with Crippen molar-refractivity contribution in [2.75, 3.05) is 20.1 Å². The summed E-state index contributed by atoms with van der Waals surface area (Å²) in [6.07, 6.45) is 2.67. The number of likely N-dealkylation sites (tertiary alicyclic amines) is 1. The predicted octanol–water partition coefficient (Wildman–Crippen LogP) is 2.39. The Morgan fingerprint density at radius 3 is 2.79 bits per heavy atom. The van der Waals surface area contributed by atoms with E-state index in [1.54, 1.807) is 0 Å². The van der Waals surface area contributed by atoms with Crippen LogP contribution in [0.2, 0.25) is 0 Å². The molecule has 1 aliphatic rings. The van der Waals surface area contributed by atoms with Gasteiger partial charge in [0.15, 0.2) is 0 Å². The first kappa shape index (κ1) is 14.1. The van der Waals surface area contributed by atoms with Gasteiger partial charge in [-0.2, -0.15) is 0 Å². The smallest absolute Gasteiger partial charge is 0.222 e. The van der Waals surface area contributed by atoms with Crippen molar-refractivity contribution >= 4 is 5.91 Å². The molecule has 1 aromatic rings. The summed E-state index contributed by atoms with van der Waals surface area (Å²) in [6, 6.07) is 10.9. The molecule has 1 fully saturated rings. The standard InChI is InChI=1S/C16H24N2O/c1-13-15(14-7-4-3-5-8-14)10-12-18(13)16(19)9-6-11-17-2/h3-5,7-8,13,15,17H,6,9-12H2,1-2H3. The third-order valence-corrected chi connectivity index (χ3v) is 4.12. The van der Waals surface area contributed by atoms with E-state index in [4.69, 9.17) is 0 Å². The van der Waals surface area contributed by atoms with Crippen LogP contribution in [-0.2, 0) is 4.79 Å². The molecule has 1 N–H and O–H groups in total. The van der Waals surface area contributed by atoms with Gasteiger partial charge in [-0.15, -0.1) is 0 Å². The van der Waals surface area contributed by atoms with Crippen LogP contribution in [-0.4, -0.2) is 37.0 Å². The van der Waals surface area contributed by atoms with Gasteiger partial charge >= 0.3 is 0 Å². The third kappa shape index (κ3) is 3.35. The molecule has 0 radical (unpaired) electrons. The molecule has 0 spiro atoms. The van der Waals surface area contributed by atoms with E-state index in [1.807, 2.05) is 13.1 Å². The molecule has 0 aliphatic carbocycles. The number of nitrogens with one attached hydrogen (secondary N) is 1. The molecule has 3 heteroatoms. The summed E-state index contributed by atoms with van der Waals surface area (Å²) in [7, 11) is 1.92. The van der Waals surface area contributed by atoms with Crippen LogP contribution in [0.5, 0.6) is 0 Å². The average molecular weight is 260 g/mol. The molecule has 1 aliphatic heterocycles. The van der Waals surface area contributed by atoms with Crippen molar-refractivity contribution in [3.63, 3.8) is 0 Å². The molecule has 1 aromatic carbocycles. The maximum Gasteiger partial charge on any atom is 0.222 e. The van der Waals surface area contributed by atoms with E-state index in [1.165, 1.54) is 5.56 Å². The van der Waals surface area contributed by atoms with Gasteiger partial charge in [0.2, 0.25) is 5.91 Å². The van der Waals surface area contributed by atoms with Crippen molar-refractivity contribution in [1.29, 1.82) is 0 Å². The zero-order valence-electron chi connectivity index (χ0n) is 11.9. The topological polar surface area (TPSA) is 32.3 Å². The molecular weight excluding hydrogens is 236 g/mol. The van der Waals surface area contributed by atoms with Crippen molar-refractivity contribution in [3.8, 4) is 0 Å². The normalized spacial score (nSPS) is 22.7. The second-order valence-electron chi connectivity index (χ2n) is 5.34. The molecule has 1 saturated heterocycles. The monoisotopic (exact) mass is 260 g/mol.